The number of carbonyl (C=O) groups is 1. The molecule has 3 N–H and O–H groups in total. The lowest BCUT2D eigenvalue weighted by Gasteiger charge is -2.40. The topological polar surface area (TPSA) is 55.1 Å². The summed E-state index contributed by atoms with van der Waals surface area (Å²) in [6, 6.07) is 2.10. The van der Waals surface area contributed by atoms with Crippen molar-refractivity contribution < 1.29 is 4.79 Å². The lowest BCUT2D eigenvalue weighted by atomic mass is 9.66. The van der Waals surface area contributed by atoms with Gasteiger partial charge in [-0.05, 0) is 53.6 Å². The summed E-state index contributed by atoms with van der Waals surface area (Å²) in [5, 5.41) is 7.18. The van der Waals surface area contributed by atoms with E-state index >= 15 is 0 Å². The molecule has 1 fully saturated rings. The van der Waals surface area contributed by atoms with Gasteiger partial charge in [-0.1, -0.05) is 6.42 Å². The normalized spacial score (nSPS) is 17.5. The van der Waals surface area contributed by atoms with Crippen LogP contribution in [-0.2, 0) is 11.2 Å². The summed E-state index contributed by atoms with van der Waals surface area (Å²) < 4.78 is 0. The Balaban J connectivity index is 1.67. The van der Waals surface area contributed by atoms with E-state index in [-0.39, 0.29) is 11.3 Å². The highest BCUT2D eigenvalue weighted by Gasteiger charge is 2.37. The minimum Gasteiger partial charge on any atom is -0.356 e. The van der Waals surface area contributed by atoms with Crippen molar-refractivity contribution >= 4 is 17.2 Å². The molecule has 3 nitrogen and oxygen atoms in total. The molecule has 0 saturated heterocycles. The van der Waals surface area contributed by atoms with Crippen LogP contribution in [0.3, 0.4) is 0 Å². The molecule has 0 bridgehead atoms. The van der Waals surface area contributed by atoms with Gasteiger partial charge in [0.2, 0.25) is 5.91 Å². The highest BCUT2D eigenvalue weighted by atomic mass is 32.1. The largest absolute Gasteiger partial charge is 0.356 e. The highest BCUT2D eigenvalue weighted by Crippen LogP contribution is 2.42. The summed E-state index contributed by atoms with van der Waals surface area (Å²) in [5.74, 6) is 0.158. The predicted octanol–water partition coefficient (Wildman–Crippen LogP) is 1.93. The second-order valence-electron chi connectivity index (χ2n) is 4.97. The second-order valence-corrected chi connectivity index (χ2v) is 5.75. The van der Waals surface area contributed by atoms with Crippen LogP contribution >= 0.6 is 11.3 Å². The molecule has 1 aliphatic rings. The molecular formula is C13H20N2OS. The number of rotatable bonds is 6. The minimum absolute atomic E-state index is 0.118. The van der Waals surface area contributed by atoms with Gasteiger partial charge in [0.05, 0.1) is 0 Å². The van der Waals surface area contributed by atoms with E-state index in [0.29, 0.717) is 13.0 Å². The number of nitrogens with one attached hydrogen (secondary N) is 1. The Hall–Kier alpha value is -0.870. The molecule has 17 heavy (non-hydrogen) atoms. The van der Waals surface area contributed by atoms with Crippen LogP contribution in [0.4, 0.5) is 0 Å². The van der Waals surface area contributed by atoms with Gasteiger partial charge in [-0.2, -0.15) is 11.3 Å². The van der Waals surface area contributed by atoms with Crippen molar-refractivity contribution in [2.24, 2.45) is 11.1 Å². The summed E-state index contributed by atoms with van der Waals surface area (Å²) >= 11 is 1.70. The van der Waals surface area contributed by atoms with Gasteiger partial charge < -0.3 is 11.1 Å². The van der Waals surface area contributed by atoms with Gasteiger partial charge >= 0.3 is 0 Å². The molecule has 1 heterocycles. The van der Waals surface area contributed by atoms with E-state index in [2.05, 4.69) is 22.1 Å². The van der Waals surface area contributed by atoms with E-state index < -0.39 is 0 Å². The Morgan fingerprint density at radius 3 is 2.88 bits per heavy atom. The van der Waals surface area contributed by atoms with Gasteiger partial charge in [-0.25, -0.2) is 0 Å². The van der Waals surface area contributed by atoms with Crippen molar-refractivity contribution in [2.75, 3.05) is 13.1 Å². The third kappa shape index (κ3) is 3.30. The predicted molar refractivity (Wildman–Crippen MR) is 71.0 cm³/mol. The zero-order valence-corrected chi connectivity index (χ0v) is 10.9. The smallest absolute Gasteiger partial charge is 0.220 e. The van der Waals surface area contributed by atoms with Crippen LogP contribution in [0, 0.1) is 5.41 Å². The third-order valence-electron chi connectivity index (χ3n) is 3.70. The quantitative estimate of drug-likeness (QED) is 0.813. The zero-order valence-electron chi connectivity index (χ0n) is 10.1. The number of amides is 1. The maximum Gasteiger partial charge on any atom is 0.220 e. The molecule has 1 aromatic heterocycles. The van der Waals surface area contributed by atoms with E-state index in [4.69, 9.17) is 5.73 Å². The Morgan fingerprint density at radius 2 is 2.35 bits per heavy atom. The standard InChI is InChI=1S/C13H20N2OS/c14-10-13(4-1-5-13)8-12(16)15-6-2-11-3-7-17-9-11/h3,7,9H,1-2,4-6,8,10,14H2,(H,15,16). The molecule has 0 atom stereocenters. The molecule has 0 aromatic carbocycles. The van der Waals surface area contributed by atoms with Crippen molar-refractivity contribution in [1.29, 1.82) is 0 Å². The van der Waals surface area contributed by atoms with Gasteiger partial charge in [0.1, 0.15) is 0 Å². The molecule has 2 rings (SSSR count). The van der Waals surface area contributed by atoms with Crippen molar-refractivity contribution in [3.63, 3.8) is 0 Å². The summed E-state index contributed by atoms with van der Waals surface area (Å²) in [4.78, 5) is 11.8. The summed E-state index contributed by atoms with van der Waals surface area (Å²) in [7, 11) is 0. The molecule has 0 unspecified atom stereocenters. The Kier molecular flexibility index (Phi) is 4.18. The Morgan fingerprint density at radius 1 is 1.53 bits per heavy atom. The SMILES string of the molecule is NCC1(CC(=O)NCCc2ccsc2)CCC1. The summed E-state index contributed by atoms with van der Waals surface area (Å²) in [5.41, 5.74) is 7.16. The van der Waals surface area contributed by atoms with E-state index in [1.165, 1.54) is 12.0 Å². The maximum absolute atomic E-state index is 11.8. The number of carbonyl (C=O) groups excluding carboxylic acids is 1. The first-order chi connectivity index (χ1) is 8.24. The number of hydrogen-bond donors (Lipinski definition) is 2. The van der Waals surface area contributed by atoms with E-state index in [9.17, 15) is 4.79 Å². The van der Waals surface area contributed by atoms with Crippen LogP contribution in [0.2, 0.25) is 0 Å². The fraction of sp³-hybridized carbons (Fsp3) is 0.615. The number of thiophene rings is 1. The van der Waals surface area contributed by atoms with E-state index in [1.807, 2.05) is 0 Å². The minimum atomic E-state index is 0.118. The van der Waals surface area contributed by atoms with Crippen LogP contribution in [0.15, 0.2) is 16.8 Å². The highest BCUT2D eigenvalue weighted by molar-refractivity contribution is 7.07. The Bertz CT molecular complexity index is 352. The molecule has 1 amide bonds. The lowest BCUT2D eigenvalue weighted by molar-refractivity contribution is -0.124. The average Bonchev–Trinajstić information content (AvgIpc) is 2.76. The zero-order chi connectivity index (χ0) is 12.1. The van der Waals surface area contributed by atoms with Gasteiger partial charge in [0.15, 0.2) is 0 Å². The van der Waals surface area contributed by atoms with Crippen molar-refractivity contribution in [2.45, 2.75) is 32.1 Å². The molecule has 0 spiro atoms. The molecule has 1 aromatic rings. The van der Waals surface area contributed by atoms with E-state index in [0.717, 1.165) is 25.8 Å². The van der Waals surface area contributed by atoms with Gasteiger partial charge in [-0.3, -0.25) is 4.79 Å². The molecule has 94 valence electrons. The number of hydrogen-bond acceptors (Lipinski definition) is 3. The first-order valence-corrected chi connectivity index (χ1v) is 7.16. The summed E-state index contributed by atoms with van der Waals surface area (Å²) in [6.45, 7) is 1.38. The monoisotopic (exact) mass is 252 g/mol. The maximum atomic E-state index is 11.8. The van der Waals surface area contributed by atoms with Crippen molar-refractivity contribution in [3.05, 3.63) is 22.4 Å². The average molecular weight is 252 g/mol. The van der Waals surface area contributed by atoms with Crippen LogP contribution < -0.4 is 11.1 Å². The van der Waals surface area contributed by atoms with Crippen LogP contribution in [0.1, 0.15) is 31.2 Å². The van der Waals surface area contributed by atoms with Gasteiger partial charge in [0, 0.05) is 13.0 Å². The van der Waals surface area contributed by atoms with E-state index in [1.54, 1.807) is 11.3 Å². The molecule has 4 heteroatoms. The first-order valence-electron chi connectivity index (χ1n) is 6.22. The van der Waals surface area contributed by atoms with Crippen LogP contribution in [0.5, 0.6) is 0 Å². The second kappa shape index (κ2) is 5.65. The molecule has 1 aliphatic carbocycles. The molecule has 0 aliphatic heterocycles. The molecular weight excluding hydrogens is 232 g/mol. The van der Waals surface area contributed by atoms with Gasteiger partial charge in [0.25, 0.3) is 0 Å². The lowest BCUT2D eigenvalue weighted by Crippen LogP contribution is -2.42. The Labute approximate surface area is 106 Å². The fourth-order valence-corrected chi connectivity index (χ4v) is 3.02. The van der Waals surface area contributed by atoms with Crippen LogP contribution in [-0.4, -0.2) is 19.0 Å². The fourth-order valence-electron chi connectivity index (χ4n) is 2.31. The first kappa shape index (κ1) is 12.6. The van der Waals surface area contributed by atoms with Crippen LogP contribution in [0.25, 0.3) is 0 Å². The van der Waals surface area contributed by atoms with Crippen molar-refractivity contribution in [1.82, 2.24) is 5.32 Å². The van der Waals surface area contributed by atoms with Crippen molar-refractivity contribution in [3.8, 4) is 0 Å². The van der Waals surface area contributed by atoms with Gasteiger partial charge in [-0.15, -0.1) is 0 Å². The molecule has 0 radical (unpaired) electrons. The number of nitrogens with two attached hydrogens (primary N) is 1. The third-order valence-corrected chi connectivity index (χ3v) is 4.43. The summed E-state index contributed by atoms with van der Waals surface area (Å²) in [6.07, 6.45) is 4.97. The molecule has 1 saturated carbocycles.